The SMILES string of the molecule is Cc1ccc(-c2c[c]ccn2)c(NC(C)CCc2ccccc2)c1. The van der Waals surface area contributed by atoms with E-state index in [1.54, 1.807) is 6.20 Å². The quantitative estimate of drug-likeness (QED) is 0.668. The van der Waals surface area contributed by atoms with Crippen molar-refractivity contribution in [3.05, 3.63) is 84.1 Å². The largest absolute Gasteiger partial charge is 0.382 e. The number of anilines is 1. The molecule has 1 radical (unpaired) electrons. The van der Waals surface area contributed by atoms with E-state index >= 15 is 0 Å². The molecular formula is C22H23N2. The first kappa shape index (κ1) is 16.3. The lowest BCUT2D eigenvalue weighted by atomic mass is 10.0. The molecule has 121 valence electrons. The molecule has 0 bridgehead atoms. The number of nitrogens with zero attached hydrogens (tertiary/aromatic N) is 1. The molecule has 2 aromatic carbocycles. The van der Waals surface area contributed by atoms with Crippen LogP contribution in [0.25, 0.3) is 11.3 Å². The van der Waals surface area contributed by atoms with Crippen LogP contribution in [0.2, 0.25) is 0 Å². The first-order valence-electron chi connectivity index (χ1n) is 8.46. The number of benzene rings is 2. The Morgan fingerprint density at radius 1 is 1.12 bits per heavy atom. The van der Waals surface area contributed by atoms with Crippen molar-refractivity contribution >= 4 is 5.69 Å². The van der Waals surface area contributed by atoms with Crippen LogP contribution in [-0.4, -0.2) is 11.0 Å². The molecule has 2 heteroatoms. The molecule has 3 aromatic rings. The van der Waals surface area contributed by atoms with Crippen molar-refractivity contribution in [1.82, 2.24) is 4.98 Å². The second kappa shape index (κ2) is 7.78. The Labute approximate surface area is 144 Å². The lowest BCUT2D eigenvalue weighted by molar-refractivity contribution is 0.706. The summed E-state index contributed by atoms with van der Waals surface area (Å²) in [6.45, 7) is 4.35. The van der Waals surface area contributed by atoms with Crippen LogP contribution in [0.1, 0.15) is 24.5 Å². The van der Waals surface area contributed by atoms with Gasteiger partial charge < -0.3 is 5.32 Å². The van der Waals surface area contributed by atoms with Crippen molar-refractivity contribution in [1.29, 1.82) is 0 Å². The van der Waals surface area contributed by atoms with Crippen LogP contribution in [0.15, 0.2) is 66.9 Å². The molecule has 0 aliphatic heterocycles. The van der Waals surface area contributed by atoms with Crippen LogP contribution in [0.5, 0.6) is 0 Å². The van der Waals surface area contributed by atoms with Gasteiger partial charge in [0, 0.05) is 23.5 Å². The number of hydrogen-bond donors (Lipinski definition) is 1. The lowest BCUT2D eigenvalue weighted by Gasteiger charge is -2.19. The number of rotatable bonds is 6. The third-order valence-corrected chi connectivity index (χ3v) is 4.17. The van der Waals surface area contributed by atoms with Gasteiger partial charge in [-0.25, -0.2) is 0 Å². The summed E-state index contributed by atoms with van der Waals surface area (Å²) >= 11 is 0. The second-order valence-corrected chi connectivity index (χ2v) is 6.26. The van der Waals surface area contributed by atoms with Crippen molar-refractivity contribution < 1.29 is 0 Å². The summed E-state index contributed by atoms with van der Waals surface area (Å²) in [6.07, 6.45) is 3.96. The molecule has 0 spiro atoms. The molecule has 1 heterocycles. The molecule has 0 amide bonds. The van der Waals surface area contributed by atoms with E-state index in [-0.39, 0.29) is 0 Å². The molecule has 0 fully saturated rings. The van der Waals surface area contributed by atoms with E-state index in [4.69, 9.17) is 0 Å². The fraction of sp³-hybridized carbons (Fsp3) is 0.227. The molecule has 0 saturated heterocycles. The molecule has 0 aliphatic rings. The van der Waals surface area contributed by atoms with Crippen molar-refractivity contribution in [3.63, 3.8) is 0 Å². The zero-order valence-electron chi connectivity index (χ0n) is 14.3. The Balaban J connectivity index is 1.73. The van der Waals surface area contributed by atoms with E-state index in [1.165, 1.54) is 11.1 Å². The smallest absolute Gasteiger partial charge is 0.0728 e. The third kappa shape index (κ3) is 4.23. The molecule has 2 nitrogen and oxygen atoms in total. The predicted molar refractivity (Wildman–Crippen MR) is 101 cm³/mol. The molecule has 1 atom stereocenters. The van der Waals surface area contributed by atoms with Gasteiger partial charge in [0.25, 0.3) is 0 Å². The van der Waals surface area contributed by atoms with Crippen molar-refractivity contribution in [2.45, 2.75) is 32.7 Å². The van der Waals surface area contributed by atoms with Gasteiger partial charge >= 0.3 is 0 Å². The van der Waals surface area contributed by atoms with E-state index in [1.807, 2.05) is 12.1 Å². The highest BCUT2D eigenvalue weighted by molar-refractivity contribution is 5.76. The van der Waals surface area contributed by atoms with Gasteiger partial charge in [0.15, 0.2) is 0 Å². The van der Waals surface area contributed by atoms with Crippen LogP contribution in [0, 0.1) is 13.0 Å². The first-order chi connectivity index (χ1) is 11.7. The van der Waals surface area contributed by atoms with Gasteiger partial charge in [-0.05, 0) is 62.1 Å². The average Bonchev–Trinajstić information content (AvgIpc) is 2.62. The maximum absolute atomic E-state index is 4.47. The Kier molecular flexibility index (Phi) is 5.27. The number of aryl methyl sites for hydroxylation is 2. The summed E-state index contributed by atoms with van der Waals surface area (Å²) < 4.78 is 0. The molecule has 0 aliphatic carbocycles. The normalized spacial score (nSPS) is 11.9. The molecule has 1 N–H and O–H groups in total. The zero-order valence-corrected chi connectivity index (χ0v) is 14.3. The van der Waals surface area contributed by atoms with Crippen molar-refractivity contribution in [2.75, 3.05) is 5.32 Å². The monoisotopic (exact) mass is 315 g/mol. The van der Waals surface area contributed by atoms with Crippen LogP contribution in [-0.2, 0) is 6.42 Å². The van der Waals surface area contributed by atoms with E-state index in [0.29, 0.717) is 6.04 Å². The topological polar surface area (TPSA) is 24.9 Å². The summed E-state index contributed by atoms with van der Waals surface area (Å²) in [4.78, 5) is 4.47. The molecule has 3 rings (SSSR count). The van der Waals surface area contributed by atoms with Crippen molar-refractivity contribution in [3.8, 4) is 11.3 Å². The first-order valence-corrected chi connectivity index (χ1v) is 8.46. The van der Waals surface area contributed by atoms with Gasteiger partial charge in [-0.3, -0.25) is 4.98 Å². The average molecular weight is 315 g/mol. The van der Waals surface area contributed by atoms with Gasteiger partial charge in [0.05, 0.1) is 5.69 Å². The minimum atomic E-state index is 0.387. The van der Waals surface area contributed by atoms with Gasteiger partial charge in [0.2, 0.25) is 0 Å². The molecule has 1 unspecified atom stereocenters. The second-order valence-electron chi connectivity index (χ2n) is 6.26. The number of hydrogen-bond acceptors (Lipinski definition) is 2. The highest BCUT2D eigenvalue weighted by atomic mass is 14.9. The Morgan fingerprint density at radius 3 is 2.71 bits per heavy atom. The Bertz CT molecular complexity index is 766. The van der Waals surface area contributed by atoms with Gasteiger partial charge in [-0.15, -0.1) is 0 Å². The summed E-state index contributed by atoms with van der Waals surface area (Å²) in [5.41, 5.74) is 5.85. The standard InChI is InChI=1S/C22H23N2/c1-17-11-14-20(21-10-6-7-15-23-21)22(16-17)24-18(2)12-13-19-8-4-3-5-9-19/h3-5,7-11,14-16,18,24H,12-13H2,1-2H3. The minimum Gasteiger partial charge on any atom is -0.382 e. The Morgan fingerprint density at radius 2 is 1.96 bits per heavy atom. The number of pyridine rings is 1. The lowest BCUT2D eigenvalue weighted by Crippen LogP contribution is -2.16. The number of aromatic nitrogens is 1. The maximum atomic E-state index is 4.47. The summed E-state index contributed by atoms with van der Waals surface area (Å²) in [5, 5.41) is 3.67. The van der Waals surface area contributed by atoms with E-state index in [0.717, 1.165) is 29.8 Å². The summed E-state index contributed by atoms with van der Waals surface area (Å²) in [5.74, 6) is 0. The Hall–Kier alpha value is -2.61. The van der Waals surface area contributed by atoms with Crippen LogP contribution >= 0.6 is 0 Å². The summed E-state index contributed by atoms with van der Waals surface area (Å²) in [7, 11) is 0. The van der Waals surface area contributed by atoms with E-state index < -0.39 is 0 Å². The molecule has 1 aromatic heterocycles. The van der Waals surface area contributed by atoms with E-state index in [9.17, 15) is 0 Å². The highest BCUT2D eigenvalue weighted by Gasteiger charge is 2.09. The molecule has 0 saturated carbocycles. The summed E-state index contributed by atoms with van der Waals surface area (Å²) in [6, 6.07) is 24.4. The maximum Gasteiger partial charge on any atom is 0.0728 e. The fourth-order valence-corrected chi connectivity index (χ4v) is 2.84. The van der Waals surface area contributed by atoms with E-state index in [2.05, 4.69) is 78.7 Å². The van der Waals surface area contributed by atoms with Crippen molar-refractivity contribution in [2.24, 2.45) is 0 Å². The van der Waals surface area contributed by atoms with Gasteiger partial charge in [-0.2, -0.15) is 0 Å². The van der Waals surface area contributed by atoms with Crippen LogP contribution < -0.4 is 5.32 Å². The molecule has 24 heavy (non-hydrogen) atoms. The number of nitrogens with one attached hydrogen (secondary N) is 1. The predicted octanol–water partition coefficient (Wildman–Crippen LogP) is 5.29. The zero-order chi connectivity index (χ0) is 16.8. The third-order valence-electron chi connectivity index (χ3n) is 4.17. The van der Waals surface area contributed by atoms with Crippen LogP contribution in [0.4, 0.5) is 5.69 Å². The van der Waals surface area contributed by atoms with Gasteiger partial charge in [-0.1, -0.05) is 42.5 Å². The highest BCUT2D eigenvalue weighted by Crippen LogP contribution is 2.28. The minimum absolute atomic E-state index is 0.387. The fourth-order valence-electron chi connectivity index (χ4n) is 2.84. The molecular weight excluding hydrogens is 292 g/mol. The van der Waals surface area contributed by atoms with Crippen LogP contribution in [0.3, 0.4) is 0 Å². The van der Waals surface area contributed by atoms with Gasteiger partial charge in [0.1, 0.15) is 0 Å².